The fourth-order valence-electron chi connectivity index (χ4n) is 1.92. The van der Waals surface area contributed by atoms with Gasteiger partial charge < -0.3 is 14.6 Å². The third kappa shape index (κ3) is 4.13. The summed E-state index contributed by atoms with van der Waals surface area (Å²) in [5.41, 5.74) is 3.19. The largest absolute Gasteiger partial charge is 0.507 e. The van der Waals surface area contributed by atoms with E-state index in [0.717, 1.165) is 3.57 Å². The van der Waals surface area contributed by atoms with E-state index in [1.807, 2.05) is 0 Å². The summed E-state index contributed by atoms with van der Waals surface area (Å²) >= 11 is 2.06. The highest BCUT2D eigenvalue weighted by atomic mass is 127. The van der Waals surface area contributed by atoms with Crippen LogP contribution >= 0.6 is 22.6 Å². The van der Waals surface area contributed by atoms with Crippen LogP contribution in [0.1, 0.15) is 15.9 Å². The number of hydrazone groups is 1. The predicted molar refractivity (Wildman–Crippen MR) is 95.4 cm³/mol. The number of methoxy groups -OCH3 is 2. The van der Waals surface area contributed by atoms with Gasteiger partial charge >= 0.3 is 0 Å². The normalized spacial score (nSPS) is 10.6. The highest BCUT2D eigenvalue weighted by Gasteiger charge is 2.11. The zero-order valence-electron chi connectivity index (χ0n) is 12.5. The van der Waals surface area contributed by atoms with Crippen LogP contribution in [0.5, 0.6) is 17.2 Å². The smallest absolute Gasteiger partial charge is 0.275 e. The van der Waals surface area contributed by atoms with Gasteiger partial charge in [-0.1, -0.05) is 6.07 Å². The number of rotatable bonds is 5. The molecule has 0 aliphatic rings. The molecule has 6 nitrogen and oxygen atoms in total. The van der Waals surface area contributed by atoms with E-state index >= 15 is 0 Å². The Labute approximate surface area is 147 Å². The van der Waals surface area contributed by atoms with E-state index in [9.17, 15) is 9.90 Å². The highest BCUT2D eigenvalue weighted by molar-refractivity contribution is 14.1. The molecule has 0 unspecified atom stereocenters. The second-order valence-electron chi connectivity index (χ2n) is 4.44. The zero-order valence-corrected chi connectivity index (χ0v) is 14.7. The van der Waals surface area contributed by atoms with Crippen LogP contribution in [0.2, 0.25) is 0 Å². The highest BCUT2D eigenvalue weighted by Crippen LogP contribution is 2.29. The van der Waals surface area contributed by atoms with Crippen molar-refractivity contribution in [3.63, 3.8) is 0 Å². The summed E-state index contributed by atoms with van der Waals surface area (Å²) in [6.07, 6.45) is 1.45. The van der Waals surface area contributed by atoms with Crippen LogP contribution < -0.4 is 14.9 Å². The van der Waals surface area contributed by atoms with Crippen molar-refractivity contribution in [2.24, 2.45) is 5.10 Å². The lowest BCUT2D eigenvalue weighted by Crippen LogP contribution is -2.18. The van der Waals surface area contributed by atoms with Gasteiger partial charge in [0, 0.05) is 9.13 Å². The Bertz CT molecular complexity index is 747. The van der Waals surface area contributed by atoms with Crippen molar-refractivity contribution >= 4 is 34.7 Å². The SMILES string of the molecule is COc1cccc(/C=N/NC(=O)c2cc(I)ccc2O)c1OC. The van der Waals surface area contributed by atoms with E-state index < -0.39 is 5.91 Å². The molecule has 0 radical (unpaired) electrons. The average molecular weight is 426 g/mol. The van der Waals surface area contributed by atoms with Gasteiger partial charge in [0.1, 0.15) is 5.75 Å². The van der Waals surface area contributed by atoms with Gasteiger partial charge in [-0.2, -0.15) is 5.10 Å². The summed E-state index contributed by atoms with van der Waals surface area (Å²) in [5.74, 6) is 0.486. The number of carbonyl (C=O) groups excluding carboxylic acids is 1. The molecular weight excluding hydrogens is 411 g/mol. The minimum Gasteiger partial charge on any atom is -0.507 e. The summed E-state index contributed by atoms with van der Waals surface area (Å²) in [6, 6.07) is 10.1. The Kier molecular flexibility index (Phi) is 5.80. The molecule has 0 aliphatic heterocycles. The van der Waals surface area contributed by atoms with Gasteiger partial charge in [0.2, 0.25) is 0 Å². The average Bonchev–Trinajstić information content (AvgIpc) is 2.56. The number of phenols is 1. The summed E-state index contributed by atoms with van der Waals surface area (Å²) in [7, 11) is 3.07. The number of phenolic OH excluding ortho intramolecular Hbond substituents is 1. The number of para-hydroxylation sites is 1. The first-order chi connectivity index (χ1) is 11.1. The molecule has 0 saturated heterocycles. The number of aromatic hydroxyl groups is 1. The maximum Gasteiger partial charge on any atom is 0.275 e. The van der Waals surface area contributed by atoms with Crippen LogP contribution in [0.15, 0.2) is 41.5 Å². The topological polar surface area (TPSA) is 80.2 Å². The van der Waals surface area contributed by atoms with Crippen LogP contribution in [-0.2, 0) is 0 Å². The second-order valence-corrected chi connectivity index (χ2v) is 5.69. The number of halogens is 1. The van der Waals surface area contributed by atoms with Crippen molar-refractivity contribution in [2.75, 3.05) is 14.2 Å². The first-order valence-electron chi connectivity index (χ1n) is 6.59. The number of ether oxygens (including phenoxy) is 2. The quantitative estimate of drug-likeness (QED) is 0.438. The molecule has 2 aromatic carbocycles. The number of nitrogens with one attached hydrogen (secondary N) is 1. The molecule has 0 heterocycles. The molecule has 0 aliphatic carbocycles. The fraction of sp³-hybridized carbons (Fsp3) is 0.125. The van der Waals surface area contributed by atoms with Crippen LogP contribution in [0.3, 0.4) is 0 Å². The number of hydrogen-bond acceptors (Lipinski definition) is 5. The maximum atomic E-state index is 12.0. The van der Waals surface area contributed by atoms with Gasteiger partial charge in [-0.25, -0.2) is 5.43 Å². The summed E-state index contributed by atoms with van der Waals surface area (Å²) < 4.78 is 11.3. The Morgan fingerprint density at radius 1 is 1.26 bits per heavy atom. The standard InChI is InChI=1S/C16H15IN2O4/c1-22-14-5-3-4-10(15(14)23-2)9-18-19-16(21)12-8-11(17)6-7-13(12)20/h3-9,20H,1-2H3,(H,19,21)/b18-9+. The van der Waals surface area contributed by atoms with Crippen LogP contribution in [0, 0.1) is 3.57 Å². The molecular formula is C16H15IN2O4. The number of amides is 1. The minimum absolute atomic E-state index is 0.0999. The number of benzene rings is 2. The first kappa shape index (κ1) is 17.1. The van der Waals surface area contributed by atoms with Crippen LogP contribution in [0.25, 0.3) is 0 Å². The Morgan fingerprint density at radius 2 is 2.04 bits per heavy atom. The molecule has 2 rings (SSSR count). The van der Waals surface area contributed by atoms with Gasteiger partial charge in [0.05, 0.1) is 26.0 Å². The minimum atomic E-state index is -0.501. The van der Waals surface area contributed by atoms with Crippen LogP contribution in [0.4, 0.5) is 0 Å². The molecule has 2 N–H and O–H groups in total. The molecule has 0 fully saturated rings. The molecule has 1 amide bonds. The molecule has 7 heteroatoms. The summed E-state index contributed by atoms with van der Waals surface area (Å²) in [4.78, 5) is 12.0. The van der Waals surface area contributed by atoms with Crippen molar-refractivity contribution in [2.45, 2.75) is 0 Å². The third-order valence-electron chi connectivity index (χ3n) is 3.01. The number of hydrogen-bond donors (Lipinski definition) is 2. The van der Waals surface area contributed by atoms with Crippen molar-refractivity contribution in [3.8, 4) is 17.2 Å². The maximum absolute atomic E-state index is 12.0. The third-order valence-corrected chi connectivity index (χ3v) is 3.68. The predicted octanol–water partition coefficient (Wildman–Crippen LogP) is 2.78. The summed E-state index contributed by atoms with van der Waals surface area (Å²) in [5, 5.41) is 13.6. The Balaban J connectivity index is 2.16. The van der Waals surface area contributed by atoms with Crippen LogP contribution in [-0.4, -0.2) is 31.4 Å². The van der Waals surface area contributed by atoms with Gasteiger partial charge in [-0.3, -0.25) is 4.79 Å². The molecule has 23 heavy (non-hydrogen) atoms. The molecule has 0 spiro atoms. The molecule has 2 aromatic rings. The van der Waals surface area contributed by atoms with E-state index in [0.29, 0.717) is 17.1 Å². The summed E-state index contributed by atoms with van der Waals surface area (Å²) in [6.45, 7) is 0. The second kappa shape index (κ2) is 7.82. The molecule has 120 valence electrons. The van der Waals surface area contributed by atoms with Crippen molar-refractivity contribution in [1.82, 2.24) is 5.43 Å². The molecule has 0 atom stereocenters. The fourth-order valence-corrected chi connectivity index (χ4v) is 2.42. The monoisotopic (exact) mass is 426 g/mol. The van der Waals surface area contributed by atoms with E-state index in [1.165, 1.54) is 19.4 Å². The lowest BCUT2D eigenvalue weighted by molar-refractivity contribution is 0.0952. The lowest BCUT2D eigenvalue weighted by atomic mass is 10.2. The van der Waals surface area contributed by atoms with E-state index in [-0.39, 0.29) is 11.3 Å². The van der Waals surface area contributed by atoms with E-state index in [1.54, 1.807) is 37.4 Å². The van der Waals surface area contributed by atoms with Crippen molar-refractivity contribution in [3.05, 3.63) is 51.1 Å². The molecule has 0 bridgehead atoms. The first-order valence-corrected chi connectivity index (χ1v) is 7.67. The van der Waals surface area contributed by atoms with E-state index in [2.05, 4.69) is 33.1 Å². The number of nitrogens with zero attached hydrogens (tertiary/aromatic N) is 1. The zero-order chi connectivity index (χ0) is 16.8. The van der Waals surface area contributed by atoms with Gasteiger partial charge in [0.15, 0.2) is 11.5 Å². The Morgan fingerprint density at radius 3 is 2.74 bits per heavy atom. The lowest BCUT2D eigenvalue weighted by Gasteiger charge is -2.09. The number of carbonyl (C=O) groups is 1. The van der Waals surface area contributed by atoms with E-state index in [4.69, 9.17) is 9.47 Å². The van der Waals surface area contributed by atoms with Gasteiger partial charge in [-0.05, 0) is 52.9 Å². The molecule has 0 saturated carbocycles. The van der Waals surface area contributed by atoms with Gasteiger partial charge in [-0.15, -0.1) is 0 Å². The molecule has 0 aromatic heterocycles. The van der Waals surface area contributed by atoms with Gasteiger partial charge in [0.25, 0.3) is 5.91 Å². The van der Waals surface area contributed by atoms with Crippen molar-refractivity contribution < 1.29 is 19.4 Å². The Hall–Kier alpha value is -2.29. The van der Waals surface area contributed by atoms with Crippen molar-refractivity contribution in [1.29, 1.82) is 0 Å².